The number of hydrogen-bond acceptors (Lipinski definition) is 5. The highest BCUT2D eigenvalue weighted by Gasteiger charge is 2.23. The van der Waals surface area contributed by atoms with Crippen LogP contribution in [0.1, 0.15) is 24.0 Å². The first-order valence-corrected chi connectivity index (χ1v) is 11.2. The molecule has 0 aliphatic carbocycles. The summed E-state index contributed by atoms with van der Waals surface area (Å²) in [6, 6.07) is 13.7. The number of benzene rings is 2. The van der Waals surface area contributed by atoms with E-state index >= 15 is 0 Å². The van der Waals surface area contributed by atoms with E-state index in [4.69, 9.17) is 26.4 Å². The van der Waals surface area contributed by atoms with Gasteiger partial charge in [0.05, 0.1) is 18.2 Å². The van der Waals surface area contributed by atoms with Crippen LogP contribution in [0.5, 0.6) is 11.5 Å². The highest BCUT2D eigenvalue weighted by Crippen LogP contribution is 2.35. The van der Waals surface area contributed by atoms with Gasteiger partial charge in [-0.15, -0.1) is 0 Å². The molecule has 0 unspecified atom stereocenters. The van der Waals surface area contributed by atoms with E-state index in [1.54, 1.807) is 6.07 Å². The van der Waals surface area contributed by atoms with E-state index in [1.165, 1.54) is 5.56 Å². The van der Waals surface area contributed by atoms with Gasteiger partial charge in [0.15, 0.2) is 16.6 Å². The Kier molecular flexibility index (Phi) is 5.71. The first kappa shape index (κ1) is 20.8. The summed E-state index contributed by atoms with van der Waals surface area (Å²) >= 11 is 5.74. The van der Waals surface area contributed by atoms with Crippen molar-refractivity contribution in [3.8, 4) is 11.5 Å². The smallest absolute Gasteiger partial charge is 0.253 e. The molecule has 3 aromatic rings. The number of hydrogen-bond donors (Lipinski definition) is 2. The van der Waals surface area contributed by atoms with E-state index in [9.17, 15) is 4.79 Å². The quantitative estimate of drug-likeness (QED) is 0.569. The van der Waals surface area contributed by atoms with E-state index in [0.29, 0.717) is 40.8 Å². The third-order valence-corrected chi connectivity index (χ3v) is 6.17. The summed E-state index contributed by atoms with van der Waals surface area (Å²) < 4.78 is 16.7. The number of anilines is 1. The standard InChI is InChI=1S/C24H25N3O4S/c1-15-4-6-18(7-5-15)25-24(32)27(13-19-3-2-8-29-19)12-17-9-16-10-21-22(31-14-30-21)11-20(16)26-23(17)28/h4-7,9-11,19H,2-3,8,12-14H2,1H3,(H,25,32)(H,26,28)/t19-/m1/s1. The molecule has 2 N–H and O–H groups in total. The highest BCUT2D eigenvalue weighted by molar-refractivity contribution is 7.80. The van der Waals surface area contributed by atoms with Gasteiger partial charge in [-0.1, -0.05) is 17.7 Å². The maximum Gasteiger partial charge on any atom is 0.253 e. The van der Waals surface area contributed by atoms with Crippen molar-refractivity contribution in [2.45, 2.75) is 32.4 Å². The van der Waals surface area contributed by atoms with Crippen LogP contribution < -0.4 is 20.3 Å². The lowest BCUT2D eigenvalue weighted by Crippen LogP contribution is -2.40. The summed E-state index contributed by atoms with van der Waals surface area (Å²) in [6.45, 7) is 4.00. The molecule has 0 amide bonds. The van der Waals surface area contributed by atoms with Gasteiger partial charge in [0.2, 0.25) is 6.79 Å². The molecule has 2 aliphatic rings. The molecule has 0 spiro atoms. The number of nitrogens with zero attached hydrogens (tertiary/aromatic N) is 1. The van der Waals surface area contributed by atoms with Crippen molar-refractivity contribution in [1.82, 2.24) is 9.88 Å². The van der Waals surface area contributed by atoms with Crippen molar-refractivity contribution in [1.29, 1.82) is 0 Å². The molecular formula is C24H25N3O4S. The first-order chi connectivity index (χ1) is 15.5. The van der Waals surface area contributed by atoms with Crippen molar-refractivity contribution in [2.24, 2.45) is 0 Å². The summed E-state index contributed by atoms with van der Waals surface area (Å²) in [5.74, 6) is 1.33. The Labute approximate surface area is 191 Å². The molecule has 2 aliphatic heterocycles. The van der Waals surface area contributed by atoms with Gasteiger partial charge < -0.3 is 29.4 Å². The molecule has 1 aromatic heterocycles. The lowest BCUT2D eigenvalue weighted by atomic mass is 10.1. The van der Waals surface area contributed by atoms with E-state index in [2.05, 4.69) is 10.3 Å². The number of fused-ring (bicyclic) bond motifs is 2. The molecule has 0 bridgehead atoms. The van der Waals surface area contributed by atoms with Gasteiger partial charge in [-0.2, -0.15) is 0 Å². The molecule has 1 fully saturated rings. The number of ether oxygens (including phenoxy) is 3. The topological polar surface area (TPSA) is 75.8 Å². The maximum atomic E-state index is 12.9. The molecule has 3 heterocycles. The monoisotopic (exact) mass is 451 g/mol. The SMILES string of the molecule is Cc1ccc(NC(=S)N(Cc2cc3cc4c(cc3[nH]c2=O)OCO4)C[C@H]2CCCO2)cc1. The Bertz CT molecular complexity index is 1200. The fourth-order valence-corrected chi connectivity index (χ4v) is 4.31. The minimum Gasteiger partial charge on any atom is -0.454 e. The minimum atomic E-state index is -0.146. The van der Waals surface area contributed by atoms with Crippen LogP contribution in [0.3, 0.4) is 0 Å². The van der Waals surface area contributed by atoms with Gasteiger partial charge in [-0.05, 0) is 56.2 Å². The number of aromatic nitrogens is 1. The largest absolute Gasteiger partial charge is 0.454 e. The van der Waals surface area contributed by atoms with Crippen LogP contribution in [0.2, 0.25) is 0 Å². The molecule has 1 saturated heterocycles. The summed E-state index contributed by atoms with van der Waals surface area (Å²) in [4.78, 5) is 17.9. The van der Waals surface area contributed by atoms with Crippen LogP contribution in [0.15, 0.2) is 47.3 Å². The Morgan fingerprint density at radius 2 is 1.97 bits per heavy atom. The lowest BCUT2D eigenvalue weighted by molar-refractivity contribution is 0.0904. The average Bonchev–Trinajstić information content (AvgIpc) is 3.45. The fraction of sp³-hybridized carbons (Fsp3) is 0.333. The summed E-state index contributed by atoms with van der Waals surface area (Å²) in [6.07, 6.45) is 2.13. The predicted molar refractivity (Wildman–Crippen MR) is 127 cm³/mol. The zero-order valence-electron chi connectivity index (χ0n) is 17.8. The third kappa shape index (κ3) is 4.42. The molecule has 0 radical (unpaired) electrons. The predicted octanol–water partition coefficient (Wildman–Crippen LogP) is 3.94. The van der Waals surface area contributed by atoms with Crippen LogP contribution >= 0.6 is 12.2 Å². The minimum absolute atomic E-state index is 0.0983. The zero-order chi connectivity index (χ0) is 22.1. The second-order valence-corrected chi connectivity index (χ2v) is 8.61. The first-order valence-electron chi connectivity index (χ1n) is 10.7. The summed E-state index contributed by atoms with van der Waals surface area (Å²) in [7, 11) is 0. The maximum absolute atomic E-state index is 12.9. The molecule has 8 heteroatoms. The molecular weight excluding hydrogens is 426 g/mol. The summed E-state index contributed by atoms with van der Waals surface area (Å²) in [5, 5.41) is 4.76. The zero-order valence-corrected chi connectivity index (χ0v) is 18.7. The Balaban J connectivity index is 1.42. The van der Waals surface area contributed by atoms with Crippen LogP contribution in [0.25, 0.3) is 10.9 Å². The van der Waals surface area contributed by atoms with Crippen molar-refractivity contribution in [2.75, 3.05) is 25.3 Å². The lowest BCUT2D eigenvalue weighted by Gasteiger charge is -2.28. The van der Waals surface area contributed by atoms with E-state index in [1.807, 2.05) is 48.2 Å². The van der Waals surface area contributed by atoms with Crippen molar-refractivity contribution in [3.05, 3.63) is 63.9 Å². The van der Waals surface area contributed by atoms with Gasteiger partial charge in [0.1, 0.15) is 0 Å². The third-order valence-electron chi connectivity index (χ3n) is 5.81. The Morgan fingerprint density at radius 3 is 2.72 bits per heavy atom. The molecule has 166 valence electrons. The van der Waals surface area contributed by atoms with Gasteiger partial charge in [-0.25, -0.2) is 0 Å². The van der Waals surface area contributed by atoms with Crippen LogP contribution in [0.4, 0.5) is 5.69 Å². The number of aromatic amines is 1. The Morgan fingerprint density at radius 1 is 1.19 bits per heavy atom. The van der Waals surface area contributed by atoms with Crippen molar-refractivity contribution in [3.63, 3.8) is 0 Å². The number of H-pyrrole nitrogens is 1. The molecule has 1 atom stereocenters. The van der Waals surface area contributed by atoms with Crippen LogP contribution in [-0.2, 0) is 11.3 Å². The van der Waals surface area contributed by atoms with Crippen LogP contribution in [0, 0.1) is 6.92 Å². The van der Waals surface area contributed by atoms with Crippen LogP contribution in [-0.4, -0.2) is 41.0 Å². The second kappa shape index (κ2) is 8.80. The summed E-state index contributed by atoms with van der Waals surface area (Å²) in [5.41, 5.74) is 3.29. The van der Waals surface area contributed by atoms with E-state index < -0.39 is 0 Å². The number of aryl methyl sites for hydroxylation is 1. The average molecular weight is 452 g/mol. The molecule has 0 saturated carbocycles. The Hall–Kier alpha value is -3.10. The van der Waals surface area contributed by atoms with Gasteiger partial charge in [-0.3, -0.25) is 4.79 Å². The van der Waals surface area contributed by atoms with Gasteiger partial charge in [0.25, 0.3) is 5.56 Å². The second-order valence-electron chi connectivity index (χ2n) is 8.23. The van der Waals surface area contributed by atoms with E-state index in [-0.39, 0.29) is 18.5 Å². The molecule has 32 heavy (non-hydrogen) atoms. The number of nitrogens with one attached hydrogen (secondary N) is 2. The van der Waals surface area contributed by atoms with E-state index in [0.717, 1.165) is 30.5 Å². The van der Waals surface area contributed by atoms with Gasteiger partial charge in [0, 0.05) is 35.9 Å². The van der Waals surface area contributed by atoms with Gasteiger partial charge >= 0.3 is 0 Å². The van der Waals surface area contributed by atoms with Crippen molar-refractivity contribution < 1.29 is 14.2 Å². The number of rotatable bonds is 5. The fourth-order valence-electron chi connectivity index (χ4n) is 4.06. The molecule has 5 rings (SSSR count). The highest BCUT2D eigenvalue weighted by atomic mass is 32.1. The number of thiocarbonyl (C=S) groups is 1. The van der Waals surface area contributed by atoms with Crippen molar-refractivity contribution >= 4 is 33.9 Å². The number of pyridine rings is 1. The normalized spacial score (nSPS) is 17.0. The molecule has 2 aromatic carbocycles. The molecule has 7 nitrogen and oxygen atoms in total.